The number of rotatable bonds is 6. The number of ketones is 1. The molecule has 1 aliphatic rings. The number of aromatic nitrogens is 1. The summed E-state index contributed by atoms with van der Waals surface area (Å²) in [4.78, 5) is 29.9. The van der Waals surface area contributed by atoms with Crippen molar-refractivity contribution in [2.75, 3.05) is 20.3 Å². The summed E-state index contributed by atoms with van der Waals surface area (Å²) >= 11 is 5.91. The molecule has 2 amide bonds. The number of allylic oxidation sites excluding steroid dienone is 3. The number of benzene rings is 1. The summed E-state index contributed by atoms with van der Waals surface area (Å²) < 4.78 is 5.30. The molecule has 1 aliphatic carbocycles. The number of methoxy groups -OCH3 is 1. The number of carbonyl (C=O) groups is 2. The van der Waals surface area contributed by atoms with Crippen molar-refractivity contribution in [3.8, 4) is 5.88 Å². The van der Waals surface area contributed by atoms with Crippen LogP contribution >= 0.6 is 11.6 Å². The largest absolute Gasteiger partial charge is 0.481 e. The first kappa shape index (κ1) is 19.9. The third-order valence-electron chi connectivity index (χ3n) is 4.33. The van der Waals surface area contributed by atoms with Gasteiger partial charge in [-0.2, -0.15) is 0 Å². The Kier molecular flexibility index (Phi) is 6.28. The number of urea groups is 1. The van der Waals surface area contributed by atoms with Crippen LogP contribution in [-0.4, -0.2) is 52.4 Å². The van der Waals surface area contributed by atoms with Gasteiger partial charge in [-0.05, 0) is 35.2 Å². The fraction of sp³-hybridized carbons (Fsp3) is 0.250. The average molecular weight is 402 g/mol. The normalized spacial score (nSPS) is 16.0. The van der Waals surface area contributed by atoms with Gasteiger partial charge >= 0.3 is 6.03 Å². The first-order valence-corrected chi connectivity index (χ1v) is 9.12. The molecule has 8 heteroatoms. The Balaban J connectivity index is 1.83. The molecule has 2 N–H and O–H groups in total. The van der Waals surface area contributed by atoms with Gasteiger partial charge in [0, 0.05) is 30.4 Å². The minimum absolute atomic E-state index is 0.131. The van der Waals surface area contributed by atoms with Crippen molar-refractivity contribution in [2.24, 2.45) is 0 Å². The molecule has 0 unspecified atom stereocenters. The standard InChI is InChI=1S/C20H20ClN3O4/c1-28-19-16-5-3-2-4-15(16)13(11-22-19)12-24(8-9-25)20(27)23-14-6-7-18(26)17(21)10-14/h2-7,10-11,17,25H,8-9,12H2,1H3,(H,23,27)/t17-/m1/s1. The summed E-state index contributed by atoms with van der Waals surface area (Å²) in [5.74, 6) is 0.274. The second-order valence-corrected chi connectivity index (χ2v) is 6.64. The topological polar surface area (TPSA) is 91.8 Å². The van der Waals surface area contributed by atoms with E-state index in [4.69, 9.17) is 16.3 Å². The van der Waals surface area contributed by atoms with Gasteiger partial charge in [-0.15, -0.1) is 11.6 Å². The molecule has 0 saturated heterocycles. The van der Waals surface area contributed by atoms with Gasteiger partial charge in [-0.1, -0.05) is 18.2 Å². The van der Waals surface area contributed by atoms with Crippen molar-refractivity contribution < 1.29 is 19.4 Å². The molecule has 0 saturated carbocycles. The van der Waals surface area contributed by atoms with Crippen LogP contribution in [0.15, 0.2) is 54.4 Å². The van der Waals surface area contributed by atoms with Gasteiger partial charge in [0.05, 0.1) is 13.7 Å². The van der Waals surface area contributed by atoms with E-state index in [1.807, 2.05) is 24.3 Å². The summed E-state index contributed by atoms with van der Waals surface area (Å²) in [6.07, 6.45) is 5.96. The van der Waals surface area contributed by atoms with E-state index in [0.717, 1.165) is 16.3 Å². The van der Waals surface area contributed by atoms with Crippen LogP contribution in [0.5, 0.6) is 5.88 Å². The van der Waals surface area contributed by atoms with Crippen molar-refractivity contribution in [3.63, 3.8) is 0 Å². The summed E-state index contributed by atoms with van der Waals surface area (Å²) in [6.45, 7) is 0.178. The quantitative estimate of drug-likeness (QED) is 0.725. The van der Waals surface area contributed by atoms with Crippen molar-refractivity contribution >= 4 is 34.2 Å². The van der Waals surface area contributed by atoms with Gasteiger partial charge in [0.1, 0.15) is 5.38 Å². The second kappa shape index (κ2) is 8.86. The predicted molar refractivity (Wildman–Crippen MR) is 106 cm³/mol. The minimum atomic E-state index is -0.804. The second-order valence-electron chi connectivity index (χ2n) is 6.17. The molecule has 3 rings (SSSR count). The predicted octanol–water partition coefficient (Wildman–Crippen LogP) is 2.38. The molecule has 1 aromatic carbocycles. The molecule has 0 spiro atoms. The molecule has 7 nitrogen and oxygen atoms in total. The Labute approximate surface area is 167 Å². The number of alkyl halides is 1. The fourth-order valence-electron chi connectivity index (χ4n) is 2.94. The van der Waals surface area contributed by atoms with Gasteiger partial charge in [0.15, 0.2) is 5.78 Å². The van der Waals surface area contributed by atoms with Crippen LogP contribution in [0.25, 0.3) is 10.8 Å². The molecule has 1 atom stereocenters. The summed E-state index contributed by atoms with van der Waals surface area (Å²) in [6, 6.07) is 7.20. The summed E-state index contributed by atoms with van der Waals surface area (Å²) in [5.41, 5.74) is 1.25. The van der Waals surface area contributed by atoms with Crippen LogP contribution < -0.4 is 10.1 Å². The maximum Gasteiger partial charge on any atom is 0.322 e. The van der Waals surface area contributed by atoms with Gasteiger partial charge in [0.25, 0.3) is 0 Å². The zero-order valence-electron chi connectivity index (χ0n) is 15.3. The number of carbonyl (C=O) groups excluding carboxylic acids is 2. The highest BCUT2D eigenvalue weighted by molar-refractivity contribution is 6.34. The minimum Gasteiger partial charge on any atom is -0.481 e. The molecule has 2 aromatic rings. The highest BCUT2D eigenvalue weighted by atomic mass is 35.5. The van der Waals surface area contributed by atoms with E-state index in [1.165, 1.54) is 23.1 Å². The maximum absolute atomic E-state index is 12.7. The van der Waals surface area contributed by atoms with E-state index >= 15 is 0 Å². The SMILES string of the molecule is COc1ncc(CN(CCO)C(=O)NC2=C[C@@H](Cl)C(=O)C=C2)c2ccccc12. The van der Waals surface area contributed by atoms with Crippen LogP contribution in [-0.2, 0) is 11.3 Å². The highest BCUT2D eigenvalue weighted by Crippen LogP contribution is 2.26. The lowest BCUT2D eigenvalue weighted by Gasteiger charge is -2.24. The lowest BCUT2D eigenvalue weighted by molar-refractivity contribution is -0.113. The van der Waals surface area contributed by atoms with Crippen molar-refractivity contribution in [3.05, 3.63) is 60.0 Å². The first-order valence-electron chi connectivity index (χ1n) is 8.68. The van der Waals surface area contributed by atoms with Crippen LogP contribution in [0.3, 0.4) is 0 Å². The zero-order valence-corrected chi connectivity index (χ0v) is 16.0. The lowest BCUT2D eigenvalue weighted by Crippen LogP contribution is -2.41. The first-order chi connectivity index (χ1) is 13.5. The van der Waals surface area contributed by atoms with E-state index in [2.05, 4.69) is 10.3 Å². The Morgan fingerprint density at radius 3 is 2.75 bits per heavy atom. The van der Waals surface area contributed by atoms with E-state index < -0.39 is 11.4 Å². The van der Waals surface area contributed by atoms with Crippen LogP contribution in [0.2, 0.25) is 0 Å². The smallest absolute Gasteiger partial charge is 0.322 e. The number of halogens is 1. The molecular weight excluding hydrogens is 382 g/mol. The van der Waals surface area contributed by atoms with Gasteiger partial charge in [-0.3, -0.25) is 4.79 Å². The van der Waals surface area contributed by atoms with E-state index in [0.29, 0.717) is 11.6 Å². The van der Waals surface area contributed by atoms with Crippen molar-refractivity contribution in [1.29, 1.82) is 0 Å². The Hall–Kier alpha value is -2.90. The molecule has 1 aromatic heterocycles. The number of hydrogen-bond donors (Lipinski definition) is 2. The zero-order chi connectivity index (χ0) is 20.1. The van der Waals surface area contributed by atoms with Gasteiger partial charge < -0.3 is 20.1 Å². The number of ether oxygens (including phenoxy) is 1. The lowest BCUT2D eigenvalue weighted by atomic mass is 10.1. The Morgan fingerprint density at radius 2 is 2.07 bits per heavy atom. The molecule has 28 heavy (non-hydrogen) atoms. The number of fused-ring (bicyclic) bond motifs is 1. The monoisotopic (exact) mass is 401 g/mol. The van der Waals surface area contributed by atoms with Crippen LogP contribution in [0.4, 0.5) is 4.79 Å². The third-order valence-corrected chi connectivity index (χ3v) is 4.67. The third kappa shape index (κ3) is 4.32. The van der Waals surface area contributed by atoms with Crippen LogP contribution in [0.1, 0.15) is 5.56 Å². The van der Waals surface area contributed by atoms with Gasteiger partial charge in [0.2, 0.25) is 5.88 Å². The van der Waals surface area contributed by atoms with E-state index in [-0.39, 0.29) is 25.5 Å². The maximum atomic E-state index is 12.7. The fourth-order valence-corrected chi connectivity index (χ4v) is 3.15. The van der Waals surface area contributed by atoms with Gasteiger partial charge in [-0.25, -0.2) is 9.78 Å². The molecule has 0 aliphatic heterocycles. The average Bonchev–Trinajstić information content (AvgIpc) is 2.70. The Bertz CT molecular complexity index is 958. The van der Waals surface area contributed by atoms with Crippen molar-refractivity contribution in [2.45, 2.75) is 11.9 Å². The number of pyridine rings is 1. The van der Waals surface area contributed by atoms with Crippen molar-refractivity contribution in [1.82, 2.24) is 15.2 Å². The number of nitrogens with zero attached hydrogens (tertiary/aromatic N) is 2. The molecule has 1 heterocycles. The van der Waals surface area contributed by atoms with E-state index in [9.17, 15) is 14.7 Å². The molecule has 0 radical (unpaired) electrons. The highest BCUT2D eigenvalue weighted by Gasteiger charge is 2.20. The molecule has 0 fully saturated rings. The molecule has 146 valence electrons. The van der Waals surface area contributed by atoms with Crippen LogP contribution in [0, 0.1) is 0 Å². The number of amides is 2. The number of nitrogens with one attached hydrogen (secondary N) is 1. The molecular formula is C20H20ClN3O4. The number of aliphatic hydroxyl groups is 1. The van der Waals surface area contributed by atoms with E-state index in [1.54, 1.807) is 13.3 Å². The number of aliphatic hydroxyl groups excluding tert-OH is 1. The summed E-state index contributed by atoms with van der Waals surface area (Å²) in [5, 5.41) is 13.1. The Morgan fingerprint density at radius 1 is 1.32 bits per heavy atom. The summed E-state index contributed by atoms with van der Waals surface area (Å²) in [7, 11) is 1.56. The number of hydrogen-bond acceptors (Lipinski definition) is 5. The molecule has 0 bridgehead atoms.